The molecule has 0 saturated carbocycles. The number of rotatable bonds is 3. The molecule has 18 heavy (non-hydrogen) atoms. The fraction of sp³-hybridized carbons (Fsp3) is 0.545. The number of nitrogens with zero attached hydrogens (tertiary/aromatic N) is 3. The molecule has 7 heteroatoms. The highest BCUT2D eigenvalue weighted by molar-refractivity contribution is 5.86. The van der Waals surface area contributed by atoms with Gasteiger partial charge in [-0.1, -0.05) is 0 Å². The number of aromatic nitrogens is 2. The number of methoxy groups -OCH3 is 1. The minimum Gasteiger partial charge on any atom is -0.464 e. The Morgan fingerprint density at radius 3 is 2.89 bits per heavy atom. The second-order valence-corrected chi connectivity index (χ2v) is 4.25. The standard InChI is InChI=1S/C11H14FN3O3/c1-18-10(17)8-2-3-9(14-13-8)15-5-4-11(12,6-15)7-16/h2-3,16H,4-7H2,1H3/t11-/m1/s1. The predicted molar refractivity (Wildman–Crippen MR) is 61.1 cm³/mol. The van der Waals surface area contributed by atoms with E-state index >= 15 is 0 Å². The lowest BCUT2D eigenvalue weighted by Gasteiger charge is -2.19. The number of anilines is 1. The van der Waals surface area contributed by atoms with Gasteiger partial charge in [0.15, 0.2) is 17.2 Å². The van der Waals surface area contributed by atoms with Gasteiger partial charge in [-0.3, -0.25) is 0 Å². The van der Waals surface area contributed by atoms with Gasteiger partial charge in [0.2, 0.25) is 0 Å². The monoisotopic (exact) mass is 255 g/mol. The fourth-order valence-corrected chi connectivity index (χ4v) is 1.87. The van der Waals surface area contributed by atoms with Crippen LogP contribution in [0.25, 0.3) is 0 Å². The van der Waals surface area contributed by atoms with Crippen molar-refractivity contribution < 1.29 is 19.0 Å². The fourth-order valence-electron chi connectivity index (χ4n) is 1.87. The number of esters is 1. The molecule has 2 heterocycles. The van der Waals surface area contributed by atoms with E-state index in [1.165, 1.54) is 13.2 Å². The first kappa shape index (κ1) is 12.7. The van der Waals surface area contributed by atoms with E-state index in [1.807, 2.05) is 0 Å². The molecule has 1 aromatic rings. The first-order valence-corrected chi connectivity index (χ1v) is 5.55. The highest BCUT2D eigenvalue weighted by Crippen LogP contribution is 2.27. The van der Waals surface area contributed by atoms with Crippen LogP contribution in [0.15, 0.2) is 12.1 Å². The SMILES string of the molecule is COC(=O)c1ccc(N2CC[C@](F)(CO)C2)nn1. The quantitative estimate of drug-likeness (QED) is 0.776. The molecule has 1 aliphatic rings. The number of hydrogen-bond acceptors (Lipinski definition) is 6. The Morgan fingerprint density at radius 2 is 2.39 bits per heavy atom. The number of hydrogen-bond donors (Lipinski definition) is 1. The Labute approximate surface area is 103 Å². The van der Waals surface area contributed by atoms with E-state index < -0.39 is 18.2 Å². The molecule has 1 aliphatic heterocycles. The van der Waals surface area contributed by atoms with Crippen molar-refractivity contribution in [2.24, 2.45) is 0 Å². The van der Waals surface area contributed by atoms with E-state index in [1.54, 1.807) is 11.0 Å². The highest BCUT2D eigenvalue weighted by Gasteiger charge is 2.38. The minimum atomic E-state index is -1.58. The minimum absolute atomic E-state index is 0.0791. The van der Waals surface area contributed by atoms with Crippen LogP contribution >= 0.6 is 0 Å². The van der Waals surface area contributed by atoms with Crippen LogP contribution in [-0.2, 0) is 4.74 Å². The van der Waals surface area contributed by atoms with E-state index in [0.29, 0.717) is 12.4 Å². The number of aliphatic hydroxyl groups excluding tert-OH is 1. The van der Waals surface area contributed by atoms with Gasteiger partial charge in [-0.2, -0.15) is 0 Å². The summed E-state index contributed by atoms with van der Waals surface area (Å²) >= 11 is 0. The third kappa shape index (κ3) is 2.40. The third-order valence-electron chi connectivity index (χ3n) is 2.96. The molecule has 1 atom stereocenters. The summed E-state index contributed by atoms with van der Waals surface area (Å²) in [6.45, 7) is 0.0379. The van der Waals surface area contributed by atoms with Gasteiger partial charge in [-0.25, -0.2) is 9.18 Å². The molecule has 0 aliphatic carbocycles. The smallest absolute Gasteiger partial charge is 0.358 e. The van der Waals surface area contributed by atoms with Gasteiger partial charge in [0.05, 0.1) is 20.3 Å². The first-order valence-electron chi connectivity index (χ1n) is 5.55. The van der Waals surface area contributed by atoms with Gasteiger partial charge in [0, 0.05) is 13.0 Å². The summed E-state index contributed by atoms with van der Waals surface area (Å²) in [5, 5.41) is 16.5. The summed E-state index contributed by atoms with van der Waals surface area (Å²) in [5.41, 5.74) is -1.47. The molecule has 0 unspecified atom stereocenters. The van der Waals surface area contributed by atoms with Gasteiger partial charge >= 0.3 is 5.97 Å². The zero-order valence-electron chi connectivity index (χ0n) is 9.97. The van der Waals surface area contributed by atoms with Gasteiger partial charge in [0.1, 0.15) is 0 Å². The van der Waals surface area contributed by atoms with Crippen molar-refractivity contribution in [2.45, 2.75) is 12.1 Å². The summed E-state index contributed by atoms with van der Waals surface area (Å²) in [4.78, 5) is 12.8. The molecule has 0 amide bonds. The maximum absolute atomic E-state index is 13.8. The summed E-state index contributed by atoms with van der Waals surface area (Å²) < 4.78 is 18.3. The van der Waals surface area contributed by atoms with Crippen LogP contribution in [-0.4, -0.2) is 53.7 Å². The van der Waals surface area contributed by atoms with E-state index in [4.69, 9.17) is 5.11 Å². The van der Waals surface area contributed by atoms with Crippen LogP contribution in [0.3, 0.4) is 0 Å². The summed E-state index contributed by atoms with van der Waals surface area (Å²) in [6, 6.07) is 3.06. The van der Waals surface area contributed by atoms with Crippen molar-refractivity contribution in [2.75, 3.05) is 31.7 Å². The molecule has 98 valence electrons. The zero-order valence-corrected chi connectivity index (χ0v) is 9.97. The molecule has 1 saturated heterocycles. The van der Waals surface area contributed by atoms with Gasteiger partial charge < -0.3 is 14.7 Å². The topological polar surface area (TPSA) is 75.5 Å². The molecular formula is C11H14FN3O3. The second-order valence-electron chi connectivity index (χ2n) is 4.25. The maximum atomic E-state index is 13.8. The highest BCUT2D eigenvalue weighted by atomic mass is 19.1. The van der Waals surface area contributed by atoms with E-state index in [-0.39, 0.29) is 18.7 Å². The molecule has 6 nitrogen and oxygen atoms in total. The number of alkyl halides is 1. The number of aliphatic hydroxyl groups is 1. The summed E-state index contributed by atoms with van der Waals surface area (Å²) in [5.74, 6) is -0.0821. The molecule has 0 aromatic carbocycles. The maximum Gasteiger partial charge on any atom is 0.358 e. The molecular weight excluding hydrogens is 241 g/mol. The van der Waals surface area contributed by atoms with Crippen molar-refractivity contribution in [1.29, 1.82) is 0 Å². The molecule has 0 radical (unpaired) electrons. The lowest BCUT2D eigenvalue weighted by molar-refractivity contribution is 0.0592. The predicted octanol–water partition coefficient (Wildman–Crippen LogP) is 0.174. The van der Waals surface area contributed by atoms with Crippen molar-refractivity contribution >= 4 is 11.8 Å². The van der Waals surface area contributed by atoms with Crippen LogP contribution in [0.2, 0.25) is 0 Å². The van der Waals surface area contributed by atoms with Gasteiger partial charge in [-0.05, 0) is 12.1 Å². The lowest BCUT2D eigenvalue weighted by atomic mass is 10.1. The number of carbonyl (C=O) groups excluding carboxylic acids is 1. The van der Waals surface area contributed by atoms with E-state index in [0.717, 1.165) is 0 Å². The van der Waals surface area contributed by atoms with Crippen LogP contribution in [0, 0.1) is 0 Å². The molecule has 2 rings (SSSR count). The summed E-state index contributed by atoms with van der Waals surface area (Å²) in [6.07, 6.45) is 0.254. The average Bonchev–Trinajstić information content (AvgIpc) is 2.81. The first-order chi connectivity index (χ1) is 8.58. The Morgan fingerprint density at radius 1 is 1.61 bits per heavy atom. The van der Waals surface area contributed by atoms with Gasteiger partial charge in [-0.15, -0.1) is 10.2 Å². The average molecular weight is 255 g/mol. The Bertz CT molecular complexity index is 440. The van der Waals surface area contributed by atoms with Crippen LogP contribution in [0.4, 0.5) is 10.2 Å². The molecule has 1 aromatic heterocycles. The normalized spacial score (nSPS) is 23.2. The number of halogens is 1. The Kier molecular flexibility index (Phi) is 3.42. The number of ether oxygens (including phenoxy) is 1. The largest absolute Gasteiger partial charge is 0.464 e. The molecule has 1 N–H and O–H groups in total. The second kappa shape index (κ2) is 4.85. The Balaban J connectivity index is 2.09. The van der Waals surface area contributed by atoms with Crippen LogP contribution in [0.5, 0.6) is 0 Å². The molecule has 0 bridgehead atoms. The molecule has 0 spiro atoms. The zero-order chi connectivity index (χ0) is 13.2. The van der Waals surface area contributed by atoms with E-state index in [9.17, 15) is 9.18 Å². The Hall–Kier alpha value is -1.76. The van der Waals surface area contributed by atoms with Crippen molar-refractivity contribution in [1.82, 2.24) is 10.2 Å². The van der Waals surface area contributed by atoms with E-state index in [2.05, 4.69) is 14.9 Å². The van der Waals surface area contributed by atoms with Crippen molar-refractivity contribution in [3.8, 4) is 0 Å². The van der Waals surface area contributed by atoms with Gasteiger partial charge in [0.25, 0.3) is 0 Å². The number of carbonyl (C=O) groups is 1. The van der Waals surface area contributed by atoms with Crippen LogP contribution in [0.1, 0.15) is 16.9 Å². The van der Waals surface area contributed by atoms with Crippen molar-refractivity contribution in [3.05, 3.63) is 17.8 Å². The third-order valence-corrected chi connectivity index (χ3v) is 2.96. The van der Waals surface area contributed by atoms with Crippen LogP contribution < -0.4 is 4.90 Å². The van der Waals surface area contributed by atoms with Crippen molar-refractivity contribution in [3.63, 3.8) is 0 Å². The lowest BCUT2D eigenvalue weighted by Crippen LogP contribution is -2.32. The molecule has 1 fully saturated rings. The summed E-state index contributed by atoms with van der Waals surface area (Å²) in [7, 11) is 1.26.